The van der Waals surface area contributed by atoms with Crippen LogP contribution in [0.3, 0.4) is 0 Å². The maximum Gasteiger partial charge on any atom is 0.364 e. The van der Waals surface area contributed by atoms with Crippen molar-refractivity contribution in [1.82, 2.24) is 25.2 Å². The monoisotopic (exact) mass is 519 g/mol. The molecule has 5 rings (SSSR count). The summed E-state index contributed by atoms with van der Waals surface area (Å²) in [5, 5.41) is 17.3. The Bertz CT molecular complexity index is 1300. The van der Waals surface area contributed by atoms with E-state index in [2.05, 4.69) is 44.8 Å². The van der Waals surface area contributed by atoms with E-state index in [0.29, 0.717) is 18.3 Å². The van der Waals surface area contributed by atoms with E-state index in [1.54, 1.807) is 24.2 Å². The molecule has 0 bridgehead atoms. The molecule has 0 atom stereocenters. The Labute approximate surface area is 219 Å². The number of nitrogens with zero attached hydrogens (tertiary/aromatic N) is 5. The summed E-state index contributed by atoms with van der Waals surface area (Å²) in [6, 6.07) is 16.3. The molecular weight excluding hydrogens is 490 g/mol. The second-order valence-electron chi connectivity index (χ2n) is 8.93. The smallest absolute Gasteiger partial charge is 0.364 e. The zero-order chi connectivity index (χ0) is 25.6. The zero-order valence-corrected chi connectivity index (χ0v) is 21.7. The Kier molecular flexibility index (Phi) is 7.74. The van der Waals surface area contributed by atoms with E-state index in [0.717, 1.165) is 47.6 Å². The normalized spacial score (nSPS) is 17.4. The fourth-order valence-electron chi connectivity index (χ4n) is 4.62. The predicted octanol–water partition coefficient (Wildman–Crippen LogP) is 5.14. The van der Waals surface area contributed by atoms with Crippen molar-refractivity contribution in [1.29, 1.82) is 0 Å². The molecular formula is C27H29N5O4S. The summed E-state index contributed by atoms with van der Waals surface area (Å²) < 4.78 is 18.5. The highest BCUT2D eigenvalue weighted by atomic mass is 32.1. The van der Waals surface area contributed by atoms with Gasteiger partial charge in [0, 0.05) is 5.56 Å². The first kappa shape index (κ1) is 24.9. The van der Waals surface area contributed by atoms with Gasteiger partial charge in [-0.25, -0.2) is 9.48 Å². The lowest BCUT2D eigenvalue weighted by Gasteiger charge is -2.29. The third-order valence-electron chi connectivity index (χ3n) is 6.59. The van der Waals surface area contributed by atoms with Gasteiger partial charge in [-0.2, -0.15) is 0 Å². The molecule has 2 heterocycles. The fourth-order valence-corrected chi connectivity index (χ4v) is 5.19. The van der Waals surface area contributed by atoms with Crippen LogP contribution in [0.1, 0.15) is 60.1 Å². The number of ether oxygens (including phenoxy) is 3. The Morgan fingerprint density at radius 1 is 1.03 bits per heavy atom. The molecule has 2 aromatic carbocycles. The molecule has 1 fully saturated rings. The van der Waals surface area contributed by atoms with Gasteiger partial charge in [0.05, 0.1) is 20.3 Å². The van der Waals surface area contributed by atoms with Crippen LogP contribution < -0.4 is 9.47 Å². The predicted molar refractivity (Wildman–Crippen MR) is 139 cm³/mol. The number of carbonyl (C=O) groups excluding carboxylic acids is 1. The average molecular weight is 520 g/mol. The van der Waals surface area contributed by atoms with Crippen LogP contribution in [0, 0.1) is 0 Å². The van der Waals surface area contributed by atoms with Crippen LogP contribution in [-0.2, 0) is 11.3 Å². The second kappa shape index (κ2) is 11.5. The summed E-state index contributed by atoms with van der Waals surface area (Å²) in [5.41, 5.74) is 5.27. The quantitative estimate of drug-likeness (QED) is 0.280. The molecule has 1 aliphatic rings. The van der Waals surface area contributed by atoms with E-state index >= 15 is 0 Å². The lowest BCUT2D eigenvalue weighted by Crippen LogP contribution is -2.25. The van der Waals surface area contributed by atoms with Gasteiger partial charge in [0.15, 0.2) is 0 Å². The molecule has 2 aromatic heterocycles. The van der Waals surface area contributed by atoms with Crippen LogP contribution >= 0.6 is 11.3 Å². The molecule has 37 heavy (non-hydrogen) atoms. The topological polar surface area (TPSA) is 101 Å². The highest BCUT2D eigenvalue weighted by molar-refractivity contribution is 7.12. The number of benzene rings is 2. The van der Waals surface area contributed by atoms with Crippen molar-refractivity contribution in [2.45, 2.75) is 51.2 Å². The molecule has 10 heteroatoms. The number of aromatic nitrogens is 5. The van der Waals surface area contributed by atoms with Gasteiger partial charge in [0.2, 0.25) is 11.6 Å². The van der Waals surface area contributed by atoms with Gasteiger partial charge in [-0.1, -0.05) is 52.9 Å². The van der Waals surface area contributed by atoms with Crippen molar-refractivity contribution >= 4 is 17.3 Å². The Balaban J connectivity index is 1.26. The van der Waals surface area contributed by atoms with E-state index < -0.39 is 5.97 Å². The van der Waals surface area contributed by atoms with E-state index in [1.165, 1.54) is 16.9 Å². The number of carbonyl (C=O) groups is 1. The number of methoxy groups -OCH3 is 1. The number of hydrogen-bond donors (Lipinski definition) is 0. The Morgan fingerprint density at radius 3 is 2.43 bits per heavy atom. The van der Waals surface area contributed by atoms with Gasteiger partial charge in [-0.05, 0) is 61.8 Å². The summed E-state index contributed by atoms with van der Waals surface area (Å²) in [5.74, 6) is 1.08. The lowest BCUT2D eigenvalue weighted by atomic mass is 9.82. The molecule has 4 aromatic rings. The first-order valence-corrected chi connectivity index (χ1v) is 13.3. The Morgan fingerprint density at radius 2 is 1.78 bits per heavy atom. The molecule has 0 unspecified atom stereocenters. The van der Waals surface area contributed by atoms with Gasteiger partial charge in [-0.15, -0.1) is 15.3 Å². The van der Waals surface area contributed by atoms with Crippen LogP contribution in [0.25, 0.3) is 10.6 Å². The SMILES string of the molecule is CCOC(=O)c1nnn(Cc2ccc(OC)cc2)c1OC1CCC(c2ccc(-c3nncs3)cc2)CC1. The molecule has 9 nitrogen and oxygen atoms in total. The summed E-state index contributed by atoms with van der Waals surface area (Å²) in [7, 11) is 1.63. The third-order valence-corrected chi connectivity index (χ3v) is 7.33. The number of hydrogen-bond acceptors (Lipinski definition) is 9. The summed E-state index contributed by atoms with van der Waals surface area (Å²) in [6.45, 7) is 2.44. The minimum Gasteiger partial charge on any atom is -0.497 e. The summed E-state index contributed by atoms with van der Waals surface area (Å²) in [6.07, 6.45) is 3.71. The van der Waals surface area contributed by atoms with Crippen LogP contribution in [0.5, 0.6) is 11.6 Å². The largest absolute Gasteiger partial charge is 0.497 e. The lowest BCUT2D eigenvalue weighted by molar-refractivity contribution is 0.0507. The Hall–Kier alpha value is -3.79. The maximum atomic E-state index is 12.6. The van der Waals surface area contributed by atoms with E-state index in [4.69, 9.17) is 14.2 Å². The van der Waals surface area contributed by atoms with Gasteiger partial charge in [0.1, 0.15) is 22.4 Å². The first-order valence-electron chi connectivity index (χ1n) is 12.4. The van der Waals surface area contributed by atoms with Crippen molar-refractivity contribution in [3.8, 4) is 22.2 Å². The van der Waals surface area contributed by atoms with Crippen LogP contribution in [0.15, 0.2) is 54.0 Å². The highest BCUT2D eigenvalue weighted by Crippen LogP contribution is 2.36. The molecule has 0 N–H and O–H groups in total. The minimum absolute atomic E-state index is 0.0294. The van der Waals surface area contributed by atoms with E-state index in [9.17, 15) is 4.79 Å². The molecule has 0 spiro atoms. The van der Waals surface area contributed by atoms with E-state index in [-0.39, 0.29) is 18.4 Å². The van der Waals surface area contributed by atoms with Crippen molar-refractivity contribution in [2.24, 2.45) is 0 Å². The highest BCUT2D eigenvalue weighted by Gasteiger charge is 2.29. The van der Waals surface area contributed by atoms with Gasteiger partial charge in [-0.3, -0.25) is 0 Å². The minimum atomic E-state index is -0.525. The van der Waals surface area contributed by atoms with Crippen molar-refractivity contribution < 1.29 is 19.0 Å². The standard InChI is InChI=1S/C27H29N5O4S/c1-3-35-27(33)24-26(32(31-29-24)16-18-4-12-22(34-2)13-5-18)36-23-14-10-20(11-15-23)19-6-8-21(9-7-19)25-30-28-17-37-25/h4-9,12-13,17,20,23H,3,10-11,14-16H2,1-2H3. The number of rotatable bonds is 9. The molecule has 0 amide bonds. The van der Waals surface area contributed by atoms with E-state index in [1.807, 2.05) is 24.3 Å². The first-order chi connectivity index (χ1) is 18.1. The molecule has 1 aliphatic carbocycles. The maximum absolute atomic E-state index is 12.6. The fraction of sp³-hybridized carbons (Fsp3) is 0.370. The second-order valence-corrected chi connectivity index (χ2v) is 9.76. The number of esters is 1. The molecule has 192 valence electrons. The van der Waals surface area contributed by atoms with Crippen molar-refractivity contribution in [2.75, 3.05) is 13.7 Å². The molecule has 0 saturated heterocycles. The average Bonchev–Trinajstić information content (AvgIpc) is 3.61. The van der Waals surface area contributed by atoms with Crippen LogP contribution in [0.2, 0.25) is 0 Å². The molecule has 1 saturated carbocycles. The third kappa shape index (κ3) is 5.80. The van der Waals surface area contributed by atoms with Crippen LogP contribution in [-0.4, -0.2) is 51.0 Å². The van der Waals surface area contributed by atoms with Gasteiger partial charge in [0.25, 0.3) is 0 Å². The molecule has 0 radical (unpaired) electrons. The van der Waals surface area contributed by atoms with Gasteiger partial charge >= 0.3 is 5.97 Å². The van der Waals surface area contributed by atoms with Gasteiger partial charge < -0.3 is 14.2 Å². The van der Waals surface area contributed by atoms with Crippen molar-refractivity contribution in [3.05, 3.63) is 70.9 Å². The summed E-state index contributed by atoms with van der Waals surface area (Å²) >= 11 is 1.54. The zero-order valence-electron chi connectivity index (χ0n) is 20.9. The summed E-state index contributed by atoms with van der Waals surface area (Å²) in [4.78, 5) is 12.6. The molecule has 0 aliphatic heterocycles. The van der Waals surface area contributed by atoms with Crippen LogP contribution in [0.4, 0.5) is 0 Å². The van der Waals surface area contributed by atoms with Crippen molar-refractivity contribution in [3.63, 3.8) is 0 Å².